The number of rotatable bonds is 1. The third-order valence-electron chi connectivity index (χ3n) is 5.53. The highest BCUT2D eigenvalue weighted by atomic mass is 79.9. The van der Waals surface area contributed by atoms with Gasteiger partial charge in [-0.25, -0.2) is 14.4 Å². The molecule has 0 unspecified atom stereocenters. The lowest BCUT2D eigenvalue weighted by molar-refractivity contribution is 0.0214. The normalized spacial score (nSPS) is 15.1. The SMILES string of the molecule is CC(C)(C)OC(=O)N1CCc2scc(Br)c2C1.COC(=O)c1csc2c1CN(C(=O)OC(C)(C)C)CC2. The highest BCUT2D eigenvalue weighted by molar-refractivity contribution is 9.10. The Morgan fingerprint density at radius 3 is 1.76 bits per heavy atom. The molecule has 0 aromatic carbocycles. The Morgan fingerprint density at radius 2 is 1.27 bits per heavy atom. The minimum atomic E-state index is -0.517. The molecule has 37 heavy (non-hydrogen) atoms. The molecular weight excluding hydrogens is 580 g/mol. The van der Waals surface area contributed by atoms with Crippen LogP contribution in [0.15, 0.2) is 15.2 Å². The number of hydrogen-bond acceptors (Lipinski definition) is 8. The summed E-state index contributed by atoms with van der Waals surface area (Å²) in [6.07, 6.45) is 1.10. The molecule has 0 N–H and O–H groups in total. The Labute approximate surface area is 235 Å². The summed E-state index contributed by atoms with van der Waals surface area (Å²) in [5.41, 5.74) is 1.73. The molecule has 8 nitrogen and oxygen atoms in total. The second-order valence-electron chi connectivity index (χ2n) is 10.8. The molecule has 0 aliphatic carbocycles. The number of fused-ring (bicyclic) bond motifs is 2. The van der Waals surface area contributed by atoms with Crippen molar-refractivity contribution >= 4 is 56.8 Å². The topological polar surface area (TPSA) is 85.4 Å². The van der Waals surface area contributed by atoms with Crippen molar-refractivity contribution in [3.05, 3.63) is 41.7 Å². The molecule has 0 bridgehead atoms. The van der Waals surface area contributed by atoms with Crippen LogP contribution in [0.25, 0.3) is 0 Å². The standard InChI is InChI=1S/C14H19NO4S.C12H16BrNO2S/c1-14(2,3)19-13(17)15-6-5-11-9(7-15)10(8-20-11)12(16)18-4;1-12(2,3)16-11(15)14-5-4-10-8(6-14)9(13)7-17-10/h8H,5-7H2,1-4H3;7H,4-6H2,1-3H3. The molecule has 0 saturated heterocycles. The van der Waals surface area contributed by atoms with Crippen molar-refractivity contribution in [1.82, 2.24) is 9.80 Å². The van der Waals surface area contributed by atoms with E-state index in [9.17, 15) is 14.4 Å². The average molecular weight is 616 g/mol. The van der Waals surface area contributed by atoms with Crippen LogP contribution in [0.5, 0.6) is 0 Å². The average Bonchev–Trinajstić information content (AvgIpc) is 3.39. The van der Waals surface area contributed by atoms with Crippen molar-refractivity contribution in [1.29, 1.82) is 0 Å². The molecule has 2 aliphatic heterocycles. The van der Waals surface area contributed by atoms with E-state index in [1.165, 1.54) is 17.6 Å². The molecule has 0 spiro atoms. The second kappa shape index (κ2) is 11.7. The van der Waals surface area contributed by atoms with Crippen LogP contribution < -0.4 is 0 Å². The van der Waals surface area contributed by atoms with Gasteiger partial charge in [0.15, 0.2) is 0 Å². The highest BCUT2D eigenvalue weighted by Crippen LogP contribution is 2.33. The number of nitrogens with zero attached hydrogens (tertiary/aromatic N) is 2. The van der Waals surface area contributed by atoms with E-state index in [0.717, 1.165) is 34.3 Å². The Balaban J connectivity index is 0.000000208. The molecule has 2 amide bonds. The van der Waals surface area contributed by atoms with Crippen molar-refractivity contribution in [3.8, 4) is 0 Å². The van der Waals surface area contributed by atoms with Crippen LogP contribution in [0.1, 0.15) is 72.8 Å². The minimum absolute atomic E-state index is 0.221. The van der Waals surface area contributed by atoms with E-state index in [2.05, 4.69) is 21.3 Å². The van der Waals surface area contributed by atoms with E-state index >= 15 is 0 Å². The van der Waals surface area contributed by atoms with Gasteiger partial charge in [-0.3, -0.25) is 0 Å². The quantitative estimate of drug-likeness (QED) is 0.265. The molecular formula is C26H35BrN2O6S2. The number of amides is 2. The largest absolute Gasteiger partial charge is 0.465 e. The minimum Gasteiger partial charge on any atom is -0.465 e. The smallest absolute Gasteiger partial charge is 0.410 e. The zero-order valence-corrected chi connectivity index (χ0v) is 25.7. The third-order valence-corrected chi connectivity index (χ3v) is 8.72. The predicted molar refractivity (Wildman–Crippen MR) is 148 cm³/mol. The van der Waals surface area contributed by atoms with E-state index in [1.807, 2.05) is 41.5 Å². The van der Waals surface area contributed by atoms with E-state index in [1.54, 1.807) is 37.9 Å². The first-order valence-corrected chi connectivity index (χ1v) is 14.6. The van der Waals surface area contributed by atoms with Gasteiger partial charge in [-0.15, -0.1) is 22.7 Å². The number of methoxy groups -OCH3 is 1. The summed E-state index contributed by atoms with van der Waals surface area (Å²) in [6.45, 7) is 13.6. The first-order valence-electron chi connectivity index (χ1n) is 12.1. The number of halogens is 1. The van der Waals surface area contributed by atoms with Gasteiger partial charge in [-0.1, -0.05) is 0 Å². The van der Waals surface area contributed by atoms with Crippen LogP contribution in [0.4, 0.5) is 9.59 Å². The van der Waals surface area contributed by atoms with Gasteiger partial charge in [0.05, 0.1) is 25.8 Å². The van der Waals surface area contributed by atoms with Crippen molar-refractivity contribution < 1.29 is 28.6 Å². The van der Waals surface area contributed by atoms with Crippen molar-refractivity contribution in [2.45, 2.75) is 78.7 Å². The zero-order valence-electron chi connectivity index (χ0n) is 22.4. The molecule has 0 fully saturated rings. The van der Waals surface area contributed by atoms with Crippen molar-refractivity contribution in [3.63, 3.8) is 0 Å². The van der Waals surface area contributed by atoms with Gasteiger partial charge in [0, 0.05) is 43.6 Å². The molecule has 2 aromatic heterocycles. The maximum atomic E-state index is 12.1. The number of ether oxygens (including phenoxy) is 3. The molecule has 0 saturated carbocycles. The lowest BCUT2D eigenvalue weighted by Gasteiger charge is -2.30. The van der Waals surface area contributed by atoms with Gasteiger partial charge in [0.25, 0.3) is 0 Å². The summed E-state index contributed by atoms with van der Waals surface area (Å²) in [5, 5.41) is 3.89. The van der Waals surface area contributed by atoms with Crippen LogP contribution in [-0.4, -0.2) is 59.4 Å². The third kappa shape index (κ3) is 7.94. The number of esters is 1. The molecule has 204 valence electrons. The summed E-state index contributed by atoms with van der Waals surface area (Å²) >= 11 is 6.82. The second-order valence-corrected chi connectivity index (χ2v) is 13.6. The first-order chi connectivity index (χ1) is 17.2. The maximum absolute atomic E-state index is 12.1. The highest BCUT2D eigenvalue weighted by Gasteiger charge is 2.30. The lowest BCUT2D eigenvalue weighted by Crippen LogP contribution is -2.39. The van der Waals surface area contributed by atoms with Crippen LogP contribution >= 0.6 is 38.6 Å². The van der Waals surface area contributed by atoms with Crippen LogP contribution in [0.3, 0.4) is 0 Å². The monoisotopic (exact) mass is 614 g/mol. The van der Waals surface area contributed by atoms with Crippen molar-refractivity contribution in [2.24, 2.45) is 0 Å². The molecule has 2 aliphatic rings. The summed E-state index contributed by atoms with van der Waals surface area (Å²) in [6, 6.07) is 0. The maximum Gasteiger partial charge on any atom is 0.410 e. The summed E-state index contributed by atoms with van der Waals surface area (Å²) in [4.78, 5) is 41.7. The van der Waals surface area contributed by atoms with Gasteiger partial charge in [-0.2, -0.15) is 0 Å². The van der Waals surface area contributed by atoms with E-state index in [-0.39, 0.29) is 18.2 Å². The molecule has 11 heteroatoms. The van der Waals surface area contributed by atoms with Gasteiger partial charge in [0.1, 0.15) is 11.2 Å². The Kier molecular flexibility index (Phi) is 9.34. The molecule has 0 radical (unpaired) electrons. The van der Waals surface area contributed by atoms with E-state index < -0.39 is 11.2 Å². The Bertz CT molecular complexity index is 1150. The fourth-order valence-electron chi connectivity index (χ4n) is 3.84. The van der Waals surface area contributed by atoms with E-state index in [0.29, 0.717) is 25.2 Å². The molecule has 4 rings (SSSR count). The van der Waals surface area contributed by atoms with Gasteiger partial charge in [-0.05, 0) is 75.9 Å². The zero-order chi connectivity index (χ0) is 27.5. The number of hydrogen-bond donors (Lipinski definition) is 0. The molecule has 0 atom stereocenters. The fraction of sp³-hybridized carbons (Fsp3) is 0.577. The molecule has 4 heterocycles. The Hall–Kier alpha value is -2.11. The summed E-state index contributed by atoms with van der Waals surface area (Å²) in [7, 11) is 1.36. The predicted octanol–water partition coefficient (Wildman–Crippen LogP) is 6.63. The van der Waals surface area contributed by atoms with Crippen LogP contribution in [0.2, 0.25) is 0 Å². The first kappa shape index (κ1) is 29.4. The van der Waals surface area contributed by atoms with Crippen molar-refractivity contribution in [2.75, 3.05) is 20.2 Å². The number of carbonyl (C=O) groups is 3. The van der Waals surface area contributed by atoms with E-state index in [4.69, 9.17) is 14.2 Å². The van der Waals surface area contributed by atoms with Crippen LogP contribution in [-0.2, 0) is 40.1 Å². The van der Waals surface area contributed by atoms with Gasteiger partial charge in [0.2, 0.25) is 0 Å². The number of thiophene rings is 2. The summed E-state index contributed by atoms with van der Waals surface area (Å²) in [5.74, 6) is -0.353. The fourth-order valence-corrected chi connectivity index (χ4v) is 6.55. The lowest BCUT2D eigenvalue weighted by atomic mass is 10.1. The van der Waals surface area contributed by atoms with Gasteiger partial charge < -0.3 is 24.0 Å². The molecule has 2 aromatic rings. The summed E-state index contributed by atoms with van der Waals surface area (Å²) < 4.78 is 16.6. The van der Waals surface area contributed by atoms with Crippen LogP contribution in [0, 0.1) is 0 Å². The Morgan fingerprint density at radius 1 is 0.811 bits per heavy atom. The number of carbonyl (C=O) groups excluding carboxylic acids is 3. The van der Waals surface area contributed by atoms with Gasteiger partial charge >= 0.3 is 18.2 Å².